The molecule has 106 valence electrons. The van der Waals surface area contributed by atoms with Gasteiger partial charge in [0.15, 0.2) is 0 Å². The third-order valence-corrected chi connectivity index (χ3v) is 4.10. The number of hydrogen-bond donors (Lipinski definition) is 1. The molecule has 1 aliphatic heterocycles. The fraction of sp³-hybridized carbons (Fsp3) is 0.600. The van der Waals surface area contributed by atoms with Gasteiger partial charge in [-0.05, 0) is 44.9 Å². The molecule has 4 heteroatoms. The fourth-order valence-electron chi connectivity index (χ4n) is 2.58. The number of rotatable bonds is 5. The van der Waals surface area contributed by atoms with Crippen molar-refractivity contribution < 1.29 is 9.84 Å². The molecular formula is C15H22BrNO2. The Hall–Kier alpha value is -0.580. The average Bonchev–Trinajstić information content (AvgIpc) is 2.89. The van der Waals surface area contributed by atoms with Gasteiger partial charge in [-0.25, -0.2) is 0 Å². The van der Waals surface area contributed by atoms with Gasteiger partial charge in [0.1, 0.15) is 0 Å². The molecule has 19 heavy (non-hydrogen) atoms. The van der Waals surface area contributed by atoms with Crippen LogP contribution in [-0.2, 0) is 4.74 Å². The molecule has 0 saturated carbocycles. The van der Waals surface area contributed by atoms with E-state index in [0.717, 1.165) is 48.3 Å². The molecule has 1 aromatic carbocycles. The predicted octanol–water partition coefficient (Wildman–Crippen LogP) is 3.51. The van der Waals surface area contributed by atoms with E-state index >= 15 is 0 Å². The summed E-state index contributed by atoms with van der Waals surface area (Å²) in [5, 5.41) is 9.96. The van der Waals surface area contributed by atoms with Crippen LogP contribution < -0.4 is 4.90 Å². The number of nitrogens with zero attached hydrogens (tertiary/aromatic N) is 1. The minimum Gasteiger partial charge on any atom is -0.389 e. The maximum Gasteiger partial charge on any atom is 0.0782 e. The molecule has 3 nitrogen and oxygen atoms in total. The van der Waals surface area contributed by atoms with Gasteiger partial charge in [-0.15, -0.1) is 0 Å². The molecule has 1 saturated heterocycles. The van der Waals surface area contributed by atoms with E-state index in [0.29, 0.717) is 6.10 Å². The van der Waals surface area contributed by atoms with Crippen molar-refractivity contribution >= 4 is 21.6 Å². The fourth-order valence-corrected chi connectivity index (χ4v) is 2.96. The lowest BCUT2D eigenvalue weighted by atomic mass is 10.1. The number of aliphatic hydroxyl groups excluding tert-OH is 1. The highest BCUT2D eigenvalue weighted by atomic mass is 79.9. The summed E-state index contributed by atoms with van der Waals surface area (Å²) in [6, 6.07) is 6.10. The Labute approximate surface area is 123 Å². The van der Waals surface area contributed by atoms with Crippen LogP contribution in [0.2, 0.25) is 0 Å². The molecule has 2 unspecified atom stereocenters. The van der Waals surface area contributed by atoms with Crippen LogP contribution in [0.1, 0.15) is 38.4 Å². The summed E-state index contributed by atoms with van der Waals surface area (Å²) in [5.41, 5.74) is 2.07. The first-order chi connectivity index (χ1) is 9.11. The molecule has 1 N–H and O–H groups in total. The van der Waals surface area contributed by atoms with Gasteiger partial charge in [0.25, 0.3) is 0 Å². The Morgan fingerprint density at radius 1 is 1.53 bits per heavy atom. The second kappa shape index (κ2) is 6.73. The topological polar surface area (TPSA) is 32.7 Å². The Morgan fingerprint density at radius 2 is 2.32 bits per heavy atom. The number of ether oxygens (including phenoxy) is 1. The van der Waals surface area contributed by atoms with Crippen molar-refractivity contribution in [1.29, 1.82) is 0 Å². The number of halogens is 1. The Morgan fingerprint density at radius 3 is 2.89 bits per heavy atom. The smallest absolute Gasteiger partial charge is 0.0782 e. The van der Waals surface area contributed by atoms with Crippen LogP contribution in [0.4, 0.5) is 5.69 Å². The van der Waals surface area contributed by atoms with Crippen LogP contribution in [-0.4, -0.2) is 30.9 Å². The largest absolute Gasteiger partial charge is 0.389 e. The van der Waals surface area contributed by atoms with Gasteiger partial charge in [0.05, 0.1) is 12.2 Å². The van der Waals surface area contributed by atoms with Crippen LogP contribution in [0.3, 0.4) is 0 Å². The predicted molar refractivity (Wildman–Crippen MR) is 81.6 cm³/mol. The lowest BCUT2D eigenvalue weighted by molar-refractivity contribution is 0.115. The zero-order valence-corrected chi connectivity index (χ0v) is 13.2. The van der Waals surface area contributed by atoms with Crippen molar-refractivity contribution in [2.75, 3.05) is 24.6 Å². The summed E-state index contributed by atoms with van der Waals surface area (Å²) < 4.78 is 6.72. The first kappa shape index (κ1) is 14.8. The molecule has 1 aliphatic rings. The molecule has 0 bridgehead atoms. The van der Waals surface area contributed by atoms with Crippen LogP contribution in [0.5, 0.6) is 0 Å². The molecule has 0 aromatic heterocycles. The lowest BCUT2D eigenvalue weighted by Crippen LogP contribution is -2.32. The molecule has 1 aromatic rings. The van der Waals surface area contributed by atoms with Crippen molar-refractivity contribution in [1.82, 2.24) is 0 Å². The summed E-state index contributed by atoms with van der Waals surface area (Å²) in [4.78, 5) is 2.30. The van der Waals surface area contributed by atoms with Crippen molar-refractivity contribution in [2.45, 2.75) is 38.9 Å². The van der Waals surface area contributed by atoms with Crippen LogP contribution in [0.15, 0.2) is 22.7 Å². The molecule has 1 heterocycles. The number of anilines is 1. The van der Waals surface area contributed by atoms with E-state index in [1.165, 1.54) is 0 Å². The van der Waals surface area contributed by atoms with Gasteiger partial charge in [-0.3, -0.25) is 0 Å². The van der Waals surface area contributed by atoms with Crippen molar-refractivity contribution in [2.24, 2.45) is 0 Å². The van der Waals surface area contributed by atoms with Crippen molar-refractivity contribution in [3.63, 3.8) is 0 Å². The zero-order chi connectivity index (χ0) is 13.8. The third-order valence-electron chi connectivity index (χ3n) is 3.61. The summed E-state index contributed by atoms with van der Waals surface area (Å²) in [7, 11) is 0. The molecule has 0 spiro atoms. The van der Waals surface area contributed by atoms with E-state index in [2.05, 4.69) is 33.8 Å². The zero-order valence-electron chi connectivity index (χ0n) is 11.6. The molecule has 0 amide bonds. The lowest BCUT2D eigenvalue weighted by Gasteiger charge is -2.29. The van der Waals surface area contributed by atoms with E-state index in [-0.39, 0.29) is 0 Å². The highest BCUT2D eigenvalue weighted by Crippen LogP contribution is 2.30. The second-order valence-corrected chi connectivity index (χ2v) is 5.97. The molecule has 2 rings (SSSR count). The number of hydrogen-bond acceptors (Lipinski definition) is 3. The summed E-state index contributed by atoms with van der Waals surface area (Å²) >= 11 is 3.47. The van der Waals surface area contributed by atoms with Crippen LogP contribution in [0, 0.1) is 0 Å². The maximum absolute atomic E-state index is 9.96. The van der Waals surface area contributed by atoms with Gasteiger partial charge in [-0.1, -0.05) is 15.9 Å². The number of benzene rings is 1. The molecule has 2 atom stereocenters. The van der Waals surface area contributed by atoms with Crippen LogP contribution >= 0.6 is 15.9 Å². The summed E-state index contributed by atoms with van der Waals surface area (Å²) in [5.74, 6) is 0. The minimum absolute atomic E-state index is 0.324. The van der Waals surface area contributed by atoms with E-state index in [9.17, 15) is 5.11 Å². The molecule has 0 radical (unpaired) electrons. The van der Waals surface area contributed by atoms with Gasteiger partial charge in [-0.2, -0.15) is 0 Å². The van der Waals surface area contributed by atoms with E-state index in [1.54, 1.807) is 0 Å². The minimum atomic E-state index is -0.467. The molecule has 1 fully saturated rings. The quantitative estimate of drug-likeness (QED) is 0.898. The van der Waals surface area contributed by atoms with Crippen molar-refractivity contribution in [3.8, 4) is 0 Å². The van der Waals surface area contributed by atoms with Gasteiger partial charge < -0.3 is 14.7 Å². The van der Waals surface area contributed by atoms with E-state index in [4.69, 9.17) is 4.74 Å². The first-order valence-corrected chi connectivity index (χ1v) is 7.75. The van der Waals surface area contributed by atoms with Crippen LogP contribution in [0.25, 0.3) is 0 Å². The summed E-state index contributed by atoms with van der Waals surface area (Å²) in [6.45, 7) is 6.65. The Bertz CT molecular complexity index is 417. The third kappa shape index (κ3) is 3.71. The number of aliphatic hydroxyl groups is 1. The Balaban J connectivity index is 2.21. The highest BCUT2D eigenvalue weighted by Gasteiger charge is 2.21. The maximum atomic E-state index is 9.96. The van der Waals surface area contributed by atoms with Crippen molar-refractivity contribution in [3.05, 3.63) is 28.2 Å². The molecular weight excluding hydrogens is 306 g/mol. The summed E-state index contributed by atoms with van der Waals surface area (Å²) in [6.07, 6.45) is 2.15. The first-order valence-electron chi connectivity index (χ1n) is 6.96. The highest BCUT2D eigenvalue weighted by molar-refractivity contribution is 9.10. The standard InChI is InChI=1S/C15H22BrNO2/c1-3-17(10-13-5-4-8-19-13)15-7-6-12(16)9-14(15)11(2)18/h6-7,9,11,13,18H,3-5,8,10H2,1-2H3. The monoisotopic (exact) mass is 327 g/mol. The second-order valence-electron chi connectivity index (χ2n) is 5.05. The van der Waals surface area contributed by atoms with E-state index in [1.807, 2.05) is 19.1 Å². The average molecular weight is 328 g/mol. The Kier molecular flexibility index (Phi) is 5.25. The number of likely N-dealkylation sites (N-methyl/N-ethyl adjacent to an activating group) is 1. The van der Waals surface area contributed by atoms with E-state index < -0.39 is 6.10 Å². The SMILES string of the molecule is CCN(CC1CCCO1)c1ccc(Br)cc1C(C)O. The molecule has 0 aliphatic carbocycles. The van der Waals surface area contributed by atoms with Gasteiger partial charge in [0, 0.05) is 35.4 Å². The van der Waals surface area contributed by atoms with Gasteiger partial charge >= 0.3 is 0 Å². The van der Waals surface area contributed by atoms with Gasteiger partial charge in [0.2, 0.25) is 0 Å². The normalized spacial score (nSPS) is 20.5.